The second-order valence-electron chi connectivity index (χ2n) is 3.80. The number of nitrogens with zero attached hydrogens (tertiary/aromatic N) is 1. The van der Waals surface area contributed by atoms with Crippen LogP contribution in [0.1, 0.15) is 4.88 Å². The lowest BCUT2D eigenvalue weighted by Crippen LogP contribution is -2.00. The zero-order valence-electron chi connectivity index (χ0n) is 10.1. The monoisotopic (exact) mass is 303 g/mol. The standard InChI is InChI=1S/C12H8F3NO3S/c1-19-9-6-7(16(17)18)2-3-8(9)10-4-5-11(20-10)12(13,14)15/h2-6H,1H3. The average Bonchev–Trinajstić information content (AvgIpc) is 2.87. The van der Waals surface area contributed by atoms with E-state index in [0.29, 0.717) is 21.8 Å². The first kappa shape index (κ1) is 14.3. The summed E-state index contributed by atoms with van der Waals surface area (Å²) in [6.45, 7) is 0. The molecule has 0 aliphatic carbocycles. The number of benzene rings is 1. The smallest absolute Gasteiger partial charge is 0.425 e. The number of nitro benzene ring substituents is 1. The number of nitro groups is 1. The highest BCUT2D eigenvalue weighted by atomic mass is 32.1. The SMILES string of the molecule is COc1cc([N+](=O)[O-])ccc1-c1ccc(C(F)(F)F)s1. The number of alkyl halides is 3. The van der Waals surface area contributed by atoms with E-state index in [9.17, 15) is 23.3 Å². The highest BCUT2D eigenvalue weighted by Crippen LogP contribution is 2.41. The van der Waals surface area contributed by atoms with E-state index in [2.05, 4.69) is 0 Å². The molecule has 0 fully saturated rings. The zero-order chi connectivity index (χ0) is 14.9. The third kappa shape index (κ3) is 2.74. The van der Waals surface area contributed by atoms with Gasteiger partial charge in [0.25, 0.3) is 5.69 Å². The number of methoxy groups -OCH3 is 1. The molecule has 0 bridgehead atoms. The van der Waals surface area contributed by atoms with E-state index in [1.54, 1.807) is 0 Å². The van der Waals surface area contributed by atoms with Crippen LogP contribution in [-0.2, 0) is 6.18 Å². The van der Waals surface area contributed by atoms with Crippen molar-refractivity contribution in [3.05, 3.63) is 45.3 Å². The minimum absolute atomic E-state index is 0.162. The van der Waals surface area contributed by atoms with Gasteiger partial charge in [-0.1, -0.05) is 0 Å². The Morgan fingerprint density at radius 3 is 2.45 bits per heavy atom. The van der Waals surface area contributed by atoms with Crippen molar-refractivity contribution < 1.29 is 22.8 Å². The molecule has 0 saturated carbocycles. The summed E-state index contributed by atoms with van der Waals surface area (Å²) < 4.78 is 42.7. The maximum Gasteiger partial charge on any atom is 0.425 e. The molecule has 0 unspecified atom stereocenters. The molecule has 1 aromatic heterocycles. The summed E-state index contributed by atoms with van der Waals surface area (Å²) in [5, 5.41) is 10.7. The predicted octanol–water partition coefficient (Wildman–Crippen LogP) is 4.35. The molecule has 0 amide bonds. The van der Waals surface area contributed by atoms with E-state index in [4.69, 9.17) is 4.74 Å². The van der Waals surface area contributed by atoms with Gasteiger partial charge in [-0.3, -0.25) is 10.1 Å². The highest BCUT2D eigenvalue weighted by molar-refractivity contribution is 7.15. The summed E-state index contributed by atoms with van der Waals surface area (Å²) in [6.07, 6.45) is -4.41. The number of non-ortho nitro benzene ring substituents is 1. The number of hydrogen-bond acceptors (Lipinski definition) is 4. The third-order valence-corrected chi connectivity index (χ3v) is 3.71. The van der Waals surface area contributed by atoms with Gasteiger partial charge in [0.15, 0.2) is 0 Å². The van der Waals surface area contributed by atoms with Crippen molar-refractivity contribution in [2.24, 2.45) is 0 Å². The maximum atomic E-state index is 12.6. The van der Waals surface area contributed by atoms with Gasteiger partial charge in [-0.15, -0.1) is 11.3 Å². The summed E-state index contributed by atoms with van der Waals surface area (Å²) in [5.41, 5.74) is 0.205. The Kier molecular flexibility index (Phi) is 3.67. The highest BCUT2D eigenvalue weighted by Gasteiger charge is 2.32. The number of halogens is 3. The first-order valence-corrected chi connectivity index (χ1v) is 6.14. The predicted molar refractivity (Wildman–Crippen MR) is 68.0 cm³/mol. The summed E-state index contributed by atoms with van der Waals surface area (Å²) in [4.78, 5) is 9.67. The van der Waals surface area contributed by atoms with E-state index in [-0.39, 0.29) is 11.4 Å². The molecule has 106 valence electrons. The maximum absolute atomic E-state index is 12.6. The average molecular weight is 303 g/mol. The van der Waals surface area contributed by atoms with Gasteiger partial charge in [-0.25, -0.2) is 0 Å². The molecule has 0 N–H and O–H groups in total. The van der Waals surface area contributed by atoms with Crippen molar-refractivity contribution >= 4 is 17.0 Å². The van der Waals surface area contributed by atoms with Gasteiger partial charge in [0.1, 0.15) is 10.6 Å². The van der Waals surface area contributed by atoms with Crippen LogP contribution in [0.25, 0.3) is 10.4 Å². The summed E-state index contributed by atoms with van der Waals surface area (Å²) in [7, 11) is 1.31. The van der Waals surface area contributed by atoms with Gasteiger partial charge in [-0.2, -0.15) is 13.2 Å². The van der Waals surface area contributed by atoms with Crippen LogP contribution in [0.15, 0.2) is 30.3 Å². The minimum atomic E-state index is -4.41. The number of rotatable bonds is 3. The van der Waals surface area contributed by atoms with Gasteiger partial charge in [0.05, 0.1) is 18.1 Å². The minimum Gasteiger partial charge on any atom is -0.496 e. The quantitative estimate of drug-likeness (QED) is 0.625. The Labute approximate surface area is 115 Å². The molecule has 0 saturated heterocycles. The van der Waals surface area contributed by atoms with E-state index < -0.39 is 16.0 Å². The topological polar surface area (TPSA) is 52.4 Å². The fourth-order valence-electron chi connectivity index (χ4n) is 1.63. The van der Waals surface area contributed by atoms with Crippen molar-refractivity contribution in [3.8, 4) is 16.2 Å². The summed E-state index contributed by atoms with van der Waals surface area (Å²) in [6, 6.07) is 6.08. The lowest BCUT2D eigenvalue weighted by atomic mass is 10.1. The fourth-order valence-corrected chi connectivity index (χ4v) is 2.54. The van der Waals surface area contributed by atoms with Crippen LogP contribution >= 0.6 is 11.3 Å². The molecule has 0 atom stereocenters. The largest absolute Gasteiger partial charge is 0.496 e. The molecule has 2 rings (SSSR count). The molecule has 20 heavy (non-hydrogen) atoms. The Morgan fingerprint density at radius 1 is 1.25 bits per heavy atom. The van der Waals surface area contributed by atoms with Gasteiger partial charge in [-0.05, 0) is 18.2 Å². The van der Waals surface area contributed by atoms with Crippen molar-refractivity contribution in [2.75, 3.05) is 7.11 Å². The van der Waals surface area contributed by atoms with E-state index in [1.165, 1.54) is 31.4 Å². The Bertz CT molecular complexity index is 652. The number of hydrogen-bond donors (Lipinski definition) is 0. The van der Waals surface area contributed by atoms with Crippen LogP contribution in [0.2, 0.25) is 0 Å². The van der Waals surface area contributed by atoms with Crippen molar-refractivity contribution in [3.63, 3.8) is 0 Å². The molecule has 0 aliphatic rings. The van der Waals surface area contributed by atoms with Crippen LogP contribution in [0.5, 0.6) is 5.75 Å². The van der Waals surface area contributed by atoms with Crippen molar-refractivity contribution in [1.29, 1.82) is 0 Å². The van der Waals surface area contributed by atoms with Crippen LogP contribution in [0.3, 0.4) is 0 Å². The zero-order valence-corrected chi connectivity index (χ0v) is 10.9. The molecule has 0 radical (unpaired) electrons. The van der Waals surface area contributed by atoms with Gasteiger partial charge in [0, 0.05) is 16.5 Å². The number of thiophene rings is 1. The Hall–Kier alpha value is -2.09. The van der Waals surface area contributed by atoms with Gasteiger partial charge >= 0.3 is 6.18 Å². The lowest BCUT2D eigenvalue weighted by molar-refractivity contribution is -0.384. The Morgan fingerprint density at radius 2 is 1.95 bits per heavy atom. The second-order valence-corrected chi connectivity index (χ2v) is 4.89. The molecule has 1 aromatic carbocycles. The molecular formula is C12H8F3NO3S. The molecule has 2 aromatic rings. The summed E-state index contributed by atoms with van der Waals surface area (Å²) >= 11 is 0.562. The molecular weight excluding hydrogens is 295 g/mol. The number of ether oxygens (including phenoxy) is 1. The molecule has 8 heteroatoms. The molecule has 4 nitrogen and oxygen atoms in total. The van der Waals surface area contributed by atoms with Crippen molar-refractivity contribution in [1.82, 2.24) is 0 Å². The molecule has 1 heterocycles. The van der Waals surface area contributed by atoms with E-state index >= 15 is 0 Å². The molecule has 0 spiro atoms. The lowest BCUT2D eigenvalue weighted by Gasteiger charge is -2.06. The third-order valence-electron chi connectivity index (χ3n) is 2.55. The van der Waals surface area contributed by atoms with Crippen LogP contribution in [-0.4, -0.2) is 12.0 Å². The normalized spacial score (nSPS) is 11.4. The van der Waals surface area contributed by atoms with Crippen molar-refractivity contribution in [2.45, 2.75) is 6.18 Å². The van der Waals surface area contributed by atoms with Gasteiger partial charge < -0.3 is 4.74 Å². The van der Waals surface area contributed by atoms with Crippen LogP contribution in [0, 0.1) is 10.1 Å². The second kappa shape index (κ2) is 5.12. The first-order chi connectivity index (χ1) is 9.32. The van der Waals surface area contributed by atoms with E-state index in [0.717, 1.165) is 6.07 Å². The summed E-state index contributed by atoms with van der Waals surface area (Å²) in [5.74, 6) is 0.162. The fraction of sp³-hybridized carbons (Fsp3) is 0.167. The first-order valence-electron chi connectivity index (χ1n) is 5.33. The van der Waals surface area contributed by atoms with E-state index in [1.807, 2.05) is 0 Å². The van der Waals surface area contributed by atoms with Gasteiger partial charge in [0.2, 0.25) is 0 Å². The van der Waals surface area contributed by atoms with Crippen LogP contribution in [0.4, 0.5) is 18.9 Å². The Balaban J connectivity index is 2.47. The van der Waals surface area contributed by atoms with Crippen LogP contribution < -0.4 is 4.74 Å². The molecule has 0 aliphatic heterocycles.